The van der Waals surface area contributed by atoms with Gasteiger partial charge >= 0.3 is 5.97 Å². The summed E-state index contributed by atoms with van der Waals surface area (Å²) in [5.74, 6) is -3.82. The van der Waals surface area contributed by atoms with Crippen LogP contribution in [0.15, 0.2) is 43.0 Å². The molecule has 6 atom stereocenters. The molecule has 9 N–H and O–H groups in total. The number of carbonyl (C=O) groups is 4. The Morgan fingerprint density at radius 2 is 1.68 bits per heavy atom. The molecule has 6 unspecified atom stereocenters. The van der Waals surface area contributed by atoms with Crippen LogP contribution < -0.4 is 21.7 Å². The highest BCUT2D eigenvalue weighted by molar-refractivity contribution is 5.95. The van der Waals surface area contributed by atoms with E-state index in [1.807, 2.05) is 24.3 Å². The molecular formula is C27H37N7O6. The summed E-state index contributed by atoms with van der Waals surface area (Å²) in [7, 11) is 0. The van der Waals surface area contributed by atoms with Crippen molar-refractivity contribution in [2.75, 3.05) is 0 Å². The van der Waals surface area contributed by atoms with E-state index in [-0.39, 0.29) is 12.8 Å². The summed E-state index contributed by atoms with van der Waals surface area (Å²) in [6, 6.07) is 2.60. The number of H-pyrrole nitrogens is 2. The molecule has 216 valence electrons. The molecule has 0 aliphatic rings. The Bertz CT molecular complexity index is 1310. The molecule has 0 bridgehead atoms. The number of aliphatic carboxylic acids is 1. The van der Waals surface area contributed by atoms with Gasteiger partial charge in [0.2, 0.25) is 17.7 Å². The van der Waals surface area contributed by atoms with Crippen LogP contribution in [-0.4, -0.2) is 79.1 Å². The Morgan fingerprint density at radius 1 is 0.975 bits per heavy atom. The number of amides is 3. The average Bonchev–Trinajstić information content (AvgIpc) is 3.58. The van der Waals surface area contributed by atoms with Crippen LogP contribution in [0.25, 0.3) is 10.9 Å². The normalized spacial score (nSPS) is 15.8. The van der Waals surface area contributed by atoms with Gasteiger partial charge < -0.3 is 41.9 Å². The number of aliphatic hydroxyl groups excluding tert-OH is 1. The minimum Gasteiger partial charge on any atom is -0.480 e. The first-order valence-corrected chi connectivity index (χ1v) is 13.1. The number of carboxylic acid groups (broad SMARTS) is 1. The first-order valence-electron chi connectivity index (χ1n) is 13.1. The third kappa shape index (κ3) is 7.67. The SMILES string of the molecule is CCC(C)C(NC(=O)C(NC(=O)C(Cc1c[nH]c2ccccc12)NC(=O)C(N)Cc1cnc[nH]1)C(C)O)C(=O)O. The zero-order valence-corrected chi connectivity index (χ0v) is 22.7. The molecule has 2 aromatic heterocycles. The predicted octanol–water partition coefficient (Wildman–Crippen LogP) is -0.0306. The van der Waals surface area contributed by atoms with Crippen LogP contribution in [0.2, 0.25) is 0 Å². The number of rotatable bonds is 14. The van der Waals surface area contributed by atoms with Crippen molar-refractivity contribution in [3.8, 4) is 0 Å². The number of nitrogens with two attached hydrogens (primary N) is 1. The molecule has 2 heterocycles. The first-order chi connectivity index (χ1) is 19.0. The Kier molecular flexibility index (Phi) is 10.4. The molecule has 0 saturated carbocycles. The van der Waals surface area contributed by atoms with Crippen molar-refractivity contribution in [2.24, 2.45) is 11.7 Å². The monoisotopic (exact) mass is 555 g/mol. The Morgan fingerprint density at radius 3 is 2.30 bits per heavy atom. The standard InChI is InChI=1S/C27H37N7O6/c1-4-14(2)22(27(39)40)33-26(38)23(15(3)35)34-25(37)21(9-16-11-30-20-8-6-5-7-18(16)20)32-24(36)19(28)10-17-12-29-13-31-17/h5-8,11-15,19,21-23,30,35H,4,9-10,28H2,1-3H3,(H,29,31)(H,32,36)(H,33,38)(H,34,37)(H,39,40). The van der Waals surface area contributed by atoms with E-state index >= 15 is 0 Å². The van der Waals surface area contributed by atoms with Gasteiger partial charge in [-0.25, -0.2) is 9.78 Å². The molecule has 13 nitrogen and oxygen atoms in total. The molecule has 3 aromatic rings. The number of aromatic nitrogens is 3. The van der Waals surface area contributed by atoms with Crippen LogP contribution in [-0.2, 0) is 32.0 Å². The van der Waals surface area contributed by atoms with E-state index < -0.39 is 59.9 Å². The third-order valence-electron chi connectivity index (χ3n) is 6.90. The lowest BCUT2D eigenvalue weighted by atomic mass is 9.98. The molecule has 3 amide bonds. The maximum absolute atomic E-state index is 13.5. The number of hydrogen-bond acceptors (Lipinski definition) is 7. The Labute approximate surface area is 231 Å². The van der Waals surface area contributed by atoms with Crippen molar-refractivity contribution in [1.82, 2.24) is 30.9 Å². The van der Waals surface area contributed by atoms with Gasteiger partial charge in [-0.1, -0.05) is 38.5 Å². The molecule has 0 aliphatic heterocycles. The number of aromatic amines is 2. The lowest BCUT2D eigenvalue weighted by Gasteiger charge is -2.27. The van der Waals surface area contributed by atoms with E-state index in [0.717, 1.165) is 16.5 Å². The zero-order chi connectivity index (χ0) is 29.4. The summed E-state index contributed by atoms with van der Waals surface area (Å²) in [5, 5.41) is 28.3. The van der Waals surface area contributed by atoms with E-state index in [4.69, 9.17) is 5.73 Å². The fraction of sp³-hybridized carbons (Fsp3) is 0.444. The number of aliphatic hydroxyl groups is 1. The van der Waals surface area contributed by atoms with Crippen molar-refractivity contribution >= 4 is 34.6 Å². The minimum absolute atomic E-state index is 0.0527. The smallest absolute Gasteiger partial charge is 0.326 e. The number of para-hydroxylation sites is 1. The van der Waals surface area contributed by atoms with Crippen molar-refractivity contribution in [3.63, 3.8) is 0 Å². The van der Waals surface area contributed by atoms with Gasteiger partial charge in [-0.05, 0) is 24.5 Å². The van der Waals surface area contributed by atoms with Gasteiger partial charge in [-0.2, -0.15) is 0 Å². The number of hydrogen-bond donors (Lipinski definition) is 8. The van der Waals surface area contributed by atoms with E-state index in [0.29, 0.717) is 12.1 Å². The first kappa shape index (κ1) is 30.3. The Balaban J connectivity index is 1.82. The van der Waals surface area contributed by atoms with Crippen LogP contribution in [0.3, 0.4) is 0 Å². The van der Waals surface area contributed by atoms with Gasteiger partial charge in [0.05, 0.1) is 18.5 Å². The van der Waals surface area contributed by atoms with Gasteiger partial charge in [0.1, 0.15) is 18.1 Å². The summed E-state index contributed by atoms with van der Waals surface area (Å²) >= 11 is 0. The number of carbonyl (C=O) groups excluding carboxylic acids is 3. The van der Waals surface area contributed by atoms with Gasteiger partial charge in [0, 0.05) is 41.8 Å². The van der Waals surface area contributed by atoms with Gasteiger partial charge in [0.25, 0.3) is 0 Å². The molecule has 3 rings (SSSR count). The van der Waals surface area contributed by atoms with Crippen LogP contribution in [0.5, 0.6) is 0 Å². The number of carboxylic acids is 1. The van der Waals surface area contributed by atoms with Crippen LogP contribution in [0.1, 0.15) is 38.4 Å². The fourth-order valence-electron chi connectivity index (χ4n) is 4.32. The van der Waals surface area contributed by atoms with Gasteiger partial charge in [-0.15, -0.1) is 0 Å². The predicted molar refractivity (Wildman–Crippen MR) is 147 cm³/mol. The lowest BCUT2D eigenvalue weighted by Crippen LogP contribution is -2.60. The third-order valence-corrected chi connectivity index (χ3v) is 6.90. The summed E-state index contributed by atoms with van der Waals surface area (Å²) < 4.78 is 0. The summed E-state index contributed by atoms with van der Waals surface area (Å²) in [6.07, 6.45) is 4.06. The largest absolute Gasteiger partial charge is 0.480 e. The van der Waals surface area contributed by atoms with E-state index in [2.05, 4.69) is 30.9 Å². The number of imidazole rings is 1. The number of nitrogens with one attached hydrogen (secondary N) is 5. The second kappa shape index (κ2) is 13.7. The van der Waals surface area contributed by atoms with E-state index in [1.54, 1.807) is 26.2 Å². The Hall–Kier alpha value is -4.23. The molecule has 0 radical (unpaired) electrons. The number of benzene rings is 1. The molecule has 0 aliphatic carbocycles. The molecule has 0 saturated heterocycles. The highest BCUT2D eigenvalue weighted by atomic mass is 16.4. The van der Waals surface area contributed by atoms with Crippen LogP contribution >= 0.6 is 0 Å². The molecule has 13 heteroatoms. The van der Waals surface area contributed by atoms with Crippen LogP contribution in [0.4, 0.5) is 0 Å². The highest BCUT2D eigenvalue weighted by Crippen LogP contribution is 2.19. The van der Waals surface area contributed by atoms with Crippen molar-refractivity contribution < 1.29 is 29.4 Å². The molecular weight excluding hydrogens is 518 g/mol. The molecule has 0 fully saturated rings. The second-order valence-corrected chi connectivity index (χ2v) is 9.95. The van der Waals surface area contributed by atoms with Gasteiger partial charge in [0.15, 0.2) is 0 Å². The van der Waals surface area contributed by atoms with Crippen molar-refractivity contribution in [2.45, 2.75) is 70.3 Å². The number of fused-ring (bicyclic) bond motifs is 1. The molecule has 0 spiro atoms. The van der Waals surface area contributed by atoms with Crippen molar-refractivity contribution in [3.05, 3.63) is 54.2 Å². The van der Waals surface area contributed by atoms with Gasteiger partial charge in [-0.3, -0.25) is 14.4 Å². The summed E-state index contributed by atoms with van der Waals surface area (Å²) in [4.78, 5) is 61.1. The zero-order valence-electron chi connectivity index (χ0n) is 22.7. The maximum Gasteiger partial charge on any atom is 0.326 e. The fourth-order valence-corrected chi connectivity index (χ4v) is 4.32. The van der Waals surface area contributed by atoms with Crippen molar-refractivity contribution in [1.29, 1.82) is 0 Å². The summed E-state index contributed by atoms with van der Waals surface area (Å²) in [6.45, 7) is 4.77. The summed E-state index contributed by atoms with van der Waals surface area (Å²) in [5.41, 5.74) is 8.30. The second-order valence-electron chi connectivity index (χ2n) is 9.95. The molecule has 40 heavy (non-hydrogen) atoms. The quantitative estimate of drug-likeness (QED) is 0.135. The van der Waals surface area contributed by atoms with E-state index in [1.165, 1.54) is 13.3 Å². The average molecular weight is 556 g/mol. The number of nitrogens with zero attached hydrogens (tertiary/aromatic N) is 1. The minimum atomic E-state index is -1.47. The maximum atomic E-state index is 13.5. The highest BCUT2D eigenvalue weighted by Gasteiger charge is 2.34. The lowest BCUT2D eigenvalue weighted by molar-refractivity contribution is -0.144. The topological polar surface area (TPSA) is 215 Å². The van der Waals surface area contributed by atoms with Crippen LogP contribution in [0, 0.1) is 5.92 Å². The van der Waals surface area contributed by atoms with E-state index in [9.17, 15) is 29.4 Å². The molecule has 1 aromatic carbocycles.